The smallest absolute Gasteiger partial charge is 0.224 e. The van der Waals surface area contributed by atoms with Crippen molar-refractivity contribution in [2.24, 2.45) is 5.92 Å². The summed E-state index contributed by atoms with van der Waals surface area (Å²) in [5, 5.41) is 12.3. The van der Waals surface area contributed by atoms with E-state index >= 15 is 0 Å². The molecule has 106 valence electrons. The van der Waals surface area contributed by atoms with E-state index in [4.69, 9.17) is 0 Å². The number of carbonyl (C=O) groups excluding carboxylic acids is 1. The molecule has 0 bridgehead atoms. The first-order valence-corrected chi connectivity index (χ1v) is 8.00. The lowest BCUT2D eigenvalue weighted by Gasteiger charge is -2.10. The number of anilines is 1. The predicted octanol–water partition coefficient (Wildman–Crippen LogP) is 3.97. The molecule has 0 saturated heterocycles. The number of aromatic amines is 1. The van der Waals surface area contributed by atoms with E-state index in [0.29, 0.717) is 12.3 Å². The SMILES string of the molecule is Cc1[nH]nc(-c2cccs2)c1NC(=O)CC1CCCC1. The number of aromatic nitrogens is 2. The molecule has 2 N–H and O–H groups in total. The molecule has 0 atom stereocenters. The van der Waals surface area contributed by atoms with Gasteiger partial charge in [0.1, 0.15) is 5.69 Å². The third-order valence-corrected chi connectivity index (χ3v) is 4.79. The van der Waals surface area contributed by atoms with Crippen LogP contribution in [-0.2, 0) is 4.79 Å². The molecule has 0 aromatic carbocycles. The number of nitrogens with one attached hydrogen (secondary N) is 2. The third-order valence-electron chi connectivity index (χ3n) is 3.92. The highest BCUT2D eigenvalue weighted by molar-refractivity contribution is 7.13. The Hall–Kier alpha value is -1.62. The molecule has 0 aliphatic heterocycles. The third kappa shape index (κ3) is 2.77. The second-order valence-corrected chi connectivity index (χ2v) is 6.40. The van der Waals surface area contributed by atoms with Gasteiger partial charge in [0.05, 0.1) is 16.3 Å². The Bertz CT molecular complexity index is 582. The van der Waals surface area contributed by atoms with Crippen LogP contribution in [0.5, 0.6) is 0 Å². The zero-order chi connectivity index (χ0) is 13.9. The summed E-state index contributed by atoms with van der Waals surface area (Å²) >= 11 is 1.63. The first-order chi connectivity index (χ1) is 9.74. The van der Waals surface area contributed by atoms with Gasteiger partial charge in [0.15, 0.2) is 0 Å². The Morgan fingerprint density at radius 2 is 2.30 bits per heavy atom. The molecule has 0 spiro atoms. The van der Waals surface area contributed by atoms with Crippen LogP contribution in [0.4, 0.5) is 5.69 Å². The van der Waals surface area contributed by atoms with Crippen molar-refractivity contribution in [1.82, 2.24) is 10.2 Å². The highest BCUT2D eigenvalue weighted by Gasteiger charge is 2.21. The molecule has 0 radical (unpaired) electrons. The van der Waals surface area contributed by atoms with E-state index < -0.39 is 0 Å². The Labute approximate surface area is 122 Å². The largest absolute Gasteiger partial charge is 0.323 e. The van der Waals surface area contributed by atoms with Crippen LogP contribution in [0.3, 0.4) is 0 Å². The minimum atomic E-state index is 0.110. The molecule has 1 saturated carbocycles. The number of thiophene rings is 1. The van der Waals surface area contributed by atoms with Gasteiger partial charge in [0.2, 0.25) is 5.91 Å². The average molecular weight is 289 g/mol. The van der Waals surface area contributed by atoms with Gasteiger partial charge in [-0.05, 0) is 37.1 Å². The molecule has 0 unspecified atom stereocenters. The molecule has 2 aromatic heterocycles. The summed E-state index contributed by atoms with van der Waals surface area (Å²) in [4.78, 5) is 13.3. The van der Waals surface area contributed by atoms with Crippen molar-refractivity contribution < 1.29 is 4.79 Å². The lowest BCUT2D eigenvalue weighted by atomic mass is 10.0. The van der Waals surface area contributed by atoms with Gasteiger partial charge in [-0.2, -0.15) is 5.10 Å². The number of carbonyl (C=O) groups is 1. The van der Waals surface area contributed by atoms with E-state index in [2.05, 4.69) is 15.5 Å². The van der Waals surface area contributed by atoms with Crippen molar-refractivity contribution >= 4 is 22.9 Å². The molecule has 3 rings (SSSR count). The molecular weight excluding hydrogens is 270 g/mol. The number of aryl methyl sites for hydroxylation is 1. The number of rotatable bonds is 4. The van der Waals surface area contributed by atoms with Crippen molar-refractivity contribution in [3.8, 4) is 10.6 Å². The molecule has 2 heterocycles. The molecule has 4 nitrogen and oxygen atoms in total. The van der Waals surface area contributed by atoms with E-state index in [-0.39, 0.29) is 5.91 Å². The number of nitrogens with zero attached hydrogens (tertiary/aromatic N) is 1. The predicted molar refractivity (Wildman–Crippen MR) is 81.8 cm³/mol. The summed E-state index contributed by atoms with van der Waals surface area (Å²) < 4.78 is 0. The van der Waals surface area contributed by atoms with Crippen molar-refractivity contribution in [3.63, 3.8) is 0 Å². The average Bonchev–Trinajstić information content (AvgIpc) is 3.13. The fourth-order valence-electron chi connectivity index (χ4n) is 2.84. The van der Waals surface area contributed by atoms with Gasteiger partial charge >= 0.3 is 0 Å². The van der Waals surface area contributed by atoms with Gasteiger partial charge in [0, 0.05) is 6.42 Å². The highest BCUT2D eigenvalue weighted by Crippen LogP contribution is 2.33. The van der Waals surface area contributed by atoms with E-state index in [9.17, 15) is 4.79 Å². The van der Waals surface area contributed by atoms with Crippen LogP contribution in [0, 0.1) is 12.8 Å². The molecule has 20 heavy (non-hydrogen) atoms. The normalized spacial score (nSPS) is 15.7. The maximum absolute atomic E-state index is 12.2. The minimum absolute atomic E-state index is 0.110. The van der Waals surface area contributed by atoms with E-state index in [1.165, 1.54) is 25.7 Å². The van der Waals surface area contributed by atoms with Gasteiger partial charge in [0.25, 0.3) is 0 Å². The molecule has 2 aromatic rings. The quantitative estimate of drug-likeness (QED) is 0.895. The van der Waals surface area contributed by atoms with Crippen LogP contribution in [0.2, 0.25) is 0 Å². The first kappa shape index (κ1) is 13.4. The minimum Gasteiger partial charge on any atom is -0.323 e. The van der Waals surface area contributed by atoms with Crippen molar-refractivity contribution in [3.05, 3.63) is 23.2 Å². The molecule has 1 aliphatic rings. The van der Waals surface area contributed by atoms with Crippen LogP contribution in [-0.4, -0.2) is 16.1 Å². The van der Waals surface area contributed by atoms with Crippen molar-refractivity contribution in [1.29, 1.82) is 0 Å². The van der Waals surface area contributed by atoms with Crippen LogP contribution in [0.15, 0.2) is 17.5 Å². The number of amides is 1. The Morgan fingerprint density at radius 1 is 1.50 bits per heavy atom. The zero-order valence-electron chi connectivity index (χ0n) is 11.6. The van der Waals surface area contributed by atoms with Crippen molar-refractivity contribution in [2.45, 2.75) is 39.0 Å². The molecule has 5 heteroatoms. The van der Waals surface area contributed by atoms with Gasteiger partial charge in [-0.15, -0.1) is 11.3 Å². The summed E-state index contributed by atoms with van der Waals surface area (Å²) in [6.45, 7) is 1.94. The standard InChI is InChI=1S/C15H19N3OS/c1-10-14(15(18-17-10)12-7-4-8-20-12)16-13(19)9-11-5-2-3-6-11/h4,7-8,11H,2-3,5-6,9H2,1H3,(H,16,19)(H,17,18). The lowest BCUT2D eigenvalue weighted by molar-refractivity contribution is -0.117. The topological polar surface area (TPSA) is 57.8 Å². The van der Waals surface area contributed by atoms with Gasteiger partial charge < -0.3 is 5.32 Å². The number of H-pyrrole nitrogens is 1. The second-order valence-electron chi connectivity index (χ2n) is 5.45. The highest BCUT2D eigenvalue weighted by atomic mass is 32.1. The van der Waals surface area contributed by atoms with E-state index in [0.717, 1.165) is 22.0 Å². The maximum atomic E-state index is 12.2. The lowest BCUT2D eigenvalue weighted by Crippen LogP contribution is -2.15. The summed E-state index contributed by atoms with van der Waals surface area (Å²) in [6.07, 6.45) is 5.55. The maximum Gasteiger partial charge on any atom is 0.224 e. The van der Waals surface area contributed by atoms with Gasteiger partial charge in [-0.3, -0.25) is 9.89 Å². The monoisotopic (exact) mass is 289 g/mol. The van der Waals surface area contributed by atoms with Crippen LogP contribution < -0.4 is 5.32 Å². The van der Waals surface area contributed by atoms with Crippen LogP contribution in [0.25, 0.3) is 10.6 Å². The molecule has 1 amide bonds. The number of hydrogen-bond acceptors (Lipinski definition) is 3. The zero-order valence-corrected chi connectivity index (χ0v) is 12.4. The molecule has 1 fully saturated rings. The van der Waals surface area contributed by atoms with E-state index in [1.807, 2.05) is 24.4 Å². The first-order valence-electron chi connectivity index (χ1n) is 7.12. The van der Waals surface area contributed by atoms with Gasteiger partial charge in [-0.1, -0.05) is 18.9 Å². The van der Waals surface area contributed by atoms with E-state index in [1.54, 1.807) is 11.3 Å². The fraction of sp³-hybridized carbons (Fsp3) is 0.467. The Morgan fingerprint density at radius 3 is 3.00 bits per heavy atom. The fourth-order valence-corrected chi connectivity index (χ4v) is 3.56. The molecule has 1 aliphatic carbocycles. The summed E-state index contributed by atoms with van der Waals surface area (Å²) in [6, 6.07) is 4.01. The Kier molecular flexibility index (Phi) is 3.87. The second kappa shape index (κ2) is 5.79. The van der Waals surface area contributed by atoms with Gasteiger partial charge in [-0.25, -0.2) is 0 Å². The number of hydrogen-bond donors (Lipinski definition) is 2. The summed E-state index contributed by atoms with van der Waals surface area (Å²) in [5.41, 5.74) is 2.58. The van der Waals surface area contributed by atoms with Crippen LogP contribution in [0.1, 0.15) is 37.8 Å². The van der Waals surface area contributed by atoms with Crippen molar-refractivity contribution in [2.75, 3.05) is 5.32 Å². The summed E-state index contributed by atoms with van der Waals surface area (Å²) in [5.74, 6) is 0.673. The van der Waals surface area contributed by atoms with Crippen LogP contribution >= 0.6 is 11.3 Å². The molecular formula is C15H19N3OS. The summed E-state index contributed by atoms with van der Waals surface area (Å²) in [7, 11) is 0. The Balaban J connectivity index is 1.73.